The molecule has 0 amide bonds. The molecule has 1 aromatic rings. The van der Waals surface area contributed by atoms with E-state index in [4.69, 9.17) is 22.0 Å². The second-order valence-corrected chi connectivity index (χ2v) is 4.12. The Morgan fingerprint density at radius 1 is 1.68 bits per heavy atom. The van der Waals surface area contributed by atoms with Crippen LogP contribution in [-0.4, -0.2) is 49.3 Å². The smallest absolute Gasteiger partial charge is 0.347 e. The van der Waals surface area contributed by atoms with Crippen LogP contribution in [-0.2, 0) is 4.74 Å². The van der Waals surface area contributed by atoms with Crippen molar-refractivity contribution < 1.29 is 14.9 Å². The van der Waals surface area contributed by atoms with Gasteiger partial charge in [0.05, 0.1) is 6.61 Å². The van der Waals surface area contributed by atoms with Crippen molar-refractivity contribution in [2.24, 2.45) is 5.73 Å². The number of ether oxygens (including phenoxy) is 1. The van der Waals surface area contributed by atoms with E-state index in [0.29, 0.717) is 0 Å². The van der Waals surface area contributed by atoms with Gasteiger partial charge in [0.1, 0.15) is 18.4 Å². The molecule has 4 atom stereocenters. The number of aromatic nitrogens is 3. The number of aliphatic hydroxyl groups excluding tert-OH is 2. The molecule has 1 aromatic heterocycles. The van der Waals surface area contributed by atoms with Crippen LogP contribution >= 0.6 is 0 Å². The highest BCUT2D eigenvalue weighted by Crippen LogP contribution is 2.34. The van der Waals surface area contributed by atoms with Gasteiger partial charge in [-0.25, -0.2) is 4.79 Å². The van der Waals surface area contributed by atoms with Gasteiger partial charge in [0.15, 0.2) is 11.8 Å². The number of terminal acetylenes is 1. The Kier molecular flexibility index (Phi) is 3.25. The third-order valence-corrected chi connectivity index (χ3v) is 2.94. The highest BCUT2D eigenvalue weighted by atomic mass is 16.5. The van der Waals surface area contributed by atoms with Gasteiger partial charge >= 0.3 is 5.69 Å². The van der Waals surface area contributed by atoms with Gasteiger partial charge in [0.25, 0.3) is 5.56 Å². The summed E-state index contributed by atoms with van der Waals surface area (Å²) >= 11 is 0. The van der Waals surface area contributed by atoms with E-state index in [2.05, 4.69) is 11.0 Å². The molecule has 19 heavy (non-hydrogen) atoms. The van der Waals surface area contributed by atoms with Crippen molar-refractivity contribution in [2.75, 3.05) is 6.61 Å². The SMILES string of the molecule is C#CC1(N)[C@@H](O)[C@@H](CO)O[C@H]1n1ncc(=O)[nH]c1=O. The summed E-state index contributed by atoms with van der Waals surface area (Å²) in [4.78, 5) is 24.5. The summed E-state index contributed by atoms with van der Waals surface area (Å²) < 4.78 is 5.97. The first-order valence-electron chi connectivity index (χ1n) is 5.33. The topological polar surface area (TPSA) is 143 Å². The molecule has 2 heterocycles. The minimum Gasteiger partial charge on any atom is -0.394 e. The Balaban J connectivity index is 2.52. The zero-order chi connectivity index (χ0) is 14.2. The van der Waals surface area contributed by atoms with Crippen molar-refractivity contribution in [1.29, 1.82) is 0 Å². The van der Waals surface area contributed by atoms with Crippen molar-refractivity contribution in [2.45, 2.75) is 24.0 Å². The lowest BCUT2D eigenvalue weighted by Gasteiger charge is -2.26. The summed E-state index contributed by atoms with van der Waals surface area (Å²) in [6.45, 7) is -0.531. The molecule has 1 aliphatic heterocycles. The van der Waals surface area contributed by atoms with Crippen LogP contribution in [0.15, 0.2) is 15.8 Å². The molecule has 9 heteroatoms. The van der Waals surface area contributed by atoms with E-state index >= 15 is 0 Å². The third-order valence-electron chi connectivity index (χ3n) is 2.94. The van der Waals surface area contributed by atoms with Crippen LogP contribution in [0.5, 0.6) is 0 Å². The summed E-state index contributed by atoms with van der Waals surface area (Å²) in [7, 11) is 0. The molecule has 0 spiro atoms. The second kappa shape index (κ2) is 4.60. The van der Waals surface area contributed by atoms with Crippen LogP contribution in [0.4, 0.5) is 0 Å². The first kappa shape index (κ1) is 13.4. The molecule has 0 radical (unpaired) electrons. The molecule has 5 N–H and O–H groups in total. The molecule has 2 rings (SSSR count). The average Bonchev–Trinajstić information content (AvgIpc) is 2.63. The fourth-order valence-corrected chi connectivity index (χ4v) is 1.89. The Bertz CT molecular complexity index is 632. The Morgan fingerprint density at radius 3 is 2.89 bits per heavy atom. The van der Waals surface area contributed by atoms with Gasteiger partial charge < -0.3 is 20.7 Å². The van der Waals surface area contributed by atoms with E-state index < -0.39 is 41.8 Å². The summed E-state index contributed by atoms with van der Waals surface area (Å²) in [5.74, 6) is 2.14. The number of hydrogen-bond donors (Lipinski definition) is 4. The van der Waals surface area contributed by atoms with Crippen LogP contribution in [0.3, 0.4) is 0 Å². The molecule has 9 nitrogen and oxygen atoms in total. The summed E-state index contributed by atoms with van der Waals surface area (Å²) in [5.41, 5.74) is 2.52. The Labute approximate surface area is 106 Å². The van der Waals surface area contributed by atoms with E-state index in [1.54, 1.807) is 0 Å². The van der Waals surface area contributed by atoms with Crippen molar-refractivity contribution in [1.82, 2.24) is 14.8 Å². The van der Waals surface area contributed by atoms with E-state index in [-0.39, 0.29) is 0 Å². The summed E-state index contributed by atoms with van der Waals surface area (Å²) in [5, 5.41) is 22.6. The third kappa shape index (κ3) is 1.96. The molecule has 0 bridgehead atoms. The van der Waals surface area contributed by atoms with Crippen molar-refractivity contribution in [3.8, 4) is 12.3 Å². The number of nitrogens with two attached hydrogens (primary N) is 1. The van der Waals surface area contributed by atoms with Crippen molar-refractivity contribution in [3.05, 3.63) is 27.0 Å². The maximum atomic E-state index is 11.6. The highest BCUT2D eigenvalue weighted by Gasteiger charge is 2.54. The van der Waals surface area contributed by atoms with E-state index in [0.717, 1.165) is 10.9 Å². The molecule has 0 saturated carbocycles. The van der Waals surface area contributed by atoms with Crippen LogP contribution in [0.2, 0.25) is 0 Å². The van der Waals surface area contributed by atoms with Gasteiger partial charge in [-0.2, -0.15) is 9.78 Å². The first-order valence-corrected chi connectivity index (χ1v) is 5.33. The number of aliphatic hydroxyl groups is 2. The number of nitrogens with zero attached hydrogens (tertiary/aromatic N) is 2. The number of hydrogen-bond acceptors (Lipinski definition) is 7. The average molecular weight is 268 g/mol. The molecular weight excluding hydrogens is 256 g/mol. The number of rotatable bonds is 2. The van der Waals surface area contributed by atoms with Gasteiger partial charge in [-0.1, -0.05) is 5.92 Å². The molecule has 1 aliphatic rings. The predicted octanol–water partition coefficient (Wildman–Crippen LogP) is -3.49. The zero-order valence-electron chi connectivity index (χ0n) is 9.68. The fraction of sp³-hybridized carbons (Fsp3) is 0.500. The van der Waals surface area contributed by atoms with Gasteiger partial charge in [0, 0.05) is 0 Å². The zero-order valence-corrected chi connectivity index (χ0v) is 9.68. The molecular formula is C10H12N4O5. The van der Waals surface area contributed by atoms with E-state index in [1.807, 2.05) is 4.98 Å². The molecule has 1 unspecified atom stereocenters. The molecule has 0 aromatic carbocycles. The largest absolute Gasteiger partial charge is 0.394 e. The van der Waals surface area contributed by atoms with Crippen LogP contribution in [0, 0.1) is 12.3 Å². The standard InChI is InChI=1S/C10H12N4O5/c1-2-10(11)7(17)5(4-15)19-8(10)14-9(18)13-6(16)3-12-14/h1,3,5,7-8,15,17H,4,11H2,(H,13,16,18)/t5-,7+,8-,10?/m1/s1. The number of nitrogens with one attached hydrogen (secondary N) is 1. The van der Waals surface area contributed by atoms with Crippen LogP contribution in [0.25, 0.3) is 0 Å². The lowest BCUT2D eigenvalue weighted by Crippen LogP contribution is -2.55. The predicted molar refractivity (Wildman–Crippen MR) is 61.9 cm³/mol. The molecule has 102 valence electrons. The van der Waals surface area contributed by atoms with Gasteiger partial charge in [-0.15, -0.1) is 6.42 Å². The first-order chi connectivity index (χ1) is 8.93. The Morgan fingerprint density at radius 2 is 2.37 bits per heavy atom. The van der Waals surface area contributed by atoms with Crippen LogP contribution < -0.4 is 17.0 Å². The van der Waals surface area contributed by atoms with Crippen molar-refractivity contribution >= 4 is 0 Å². The minimum atomic E-state index is -1.75. The fourth-order valence-electron chi connectivity index (χ4n) is 1.89. The normalized spacial score (nSPS) is 34.1. The van der Waals surface area contributed by atoms with E-state index in [1.165, 1.54) is 0 Å². The van der Waals surface area contributed by atoms with Crippen LogP contribution in [0.1, 0.15) is 6.23 Å². The second-order valence-electron chi connectivity index (χ2n) is 4.12. The highest BCUT2D eigenvalue weighted by molar-refractivity contribution is 5.22. The van der Waals surface area contributed by atoms with Crippen molar-refractivity contribution in [3.63, 3.8) is 0 Å². The molecule has 0 aliphatic carbocycles. The van der Waals surface area contributed by atoms with Gasteiger partial charge in [0.2, 0.25) is 0 Å². The number of aromatic amines is 1. The van der Waals surface area contributed by atoms with E-state index in [9.17, 15) is 14.7 Å². The quantitative estimate of drug-likeness (QED) is 0.407. The maximum absolute atomic E-state index is 11.6. The molecule has 1 saturated heterocycles. The van der Waals surface area contributed by atoms with Gasteiger partial charge in [-0.05, 0) is 0 Å². The molecule has 1 fully saturated rings. The maximum Gasteiger partial charge on any atom is 0.347 e. The lowest BCUT2D eigenvalue weighted by atomic mass is 9.92. The number of H-pyrrole nitrogens is 1. The Hall–Kier alpha value is -1.99. The minimum absolute atomic E-state index is 0.531. The monoisotopic (exact) mass is 268 g/mol. The summed E-state index contributed by atoms with van der Waals surface area (Å²) in [6.07, 6.45) is 2.39. The van der Waals surface area contributed by atoms with Gasteiger partial charge in [-0.3, -0.25) is 9.78 Å². The lowest BCUT2D eigenvalue weighted by molar-refractivity contribution is -0.0530. The summed E-state index contributed by atoms with van der Waals surface area (Å²) in [6, 6.07) is 0.